The number of piperidine rings is 1. The fraction of sp³-hybridized carbons (Fsp3) is 0.857. The number of nitrogens with zero attached hydrogens (tertiary/aromatic N) is 2. The van der Waals surface area contributed by atoms with Crippen LogP contribution >= 0.6 is 0 Å². The summed E-state index contributed by atoms with van der Waals surface area (Å²) < 4.78 is 0. The second kappa shape index (κ2) is 7.00. The van der Waals surface area contributed by atoms with Gasteiger partial charge in [0, 0.05) is 38.6 Å². The van der Waals surface area contributed by atoms with E-state index in [0.29, 0.717) is 6.04 Å². The number of piperazine rings is 1. The minimum absolute atomic E-state index is 0.708. The quantitative estimate of drug-likeness (QED) is 0.713. The van der Waals surface area contributed by atoms with Crippen molar-refractivity contribution < 1.29 is 0 Å². The first-order chi connectivity index (χ1) is 8.36. The summed E-state index contributed by atoms with van der Waals surface area (Å²) in [6.07, 6.45) is 5.14. The van der Waals surface area contributed by atoms with E-state index in [1.54, 1.807) is 0 Å². The van der Waals surface area contributed by atoms with Crippen molar-refractivity contribution in [1.29, 1.82) is 0 Å². The number of hydrogen-bond donors (Lipinski definition) is 1. The smallest absolute Gasteiger partial charge is 0.0602 e. The molecule has 2 fully saturated rings. The summed E-state index contributed by atoms with van der Waals surface area (Å²) in [5, 5.41) is 3.37. The van der Waals surface area contributed by atoms with Crippen molar-refractivity contribution in [3.8, 4) is 11.8 Å². The number of hydrogen-bond acceptors (Lipinski definition) is 3. The van der Waals surface area contributed by atoms with Crippen LogP contribution in [-0.4, -0.2) is 62.2 Å². The monoisotopic (exact) mass is 235 g/mol. The van der Waals surface area contributed by atoms with E-state index in [1.807, 2.05) is 0 Å². The zero-order chi connectivity index (χ0) is 11.9. The van der Waals surface area contributed by atoms with Gasteiger partial charge in [-0.3, -0.25) is 4.90 Å². The third-order valence-electron chi connectivity index (χ3n) is 3.90. The normalized spacial score (nSPS) is 27.5. The van der Waals surface area contributed by atoms with Crippen LogP contribution in [0.4, 0.5) is 0 Å². The van der Waals surface area contributed by atoms with Gasteiger partial charge in [-0.2, -0.15) is 0 Å². The molecule has 2 rings (SSSR count). The van der Waals surface area contributed by atoms with Gasteiger partial charge in [0.1, 0.15) is 0 Å². The van der Waals surface area contributed by atoms with Crippen LogP contribution in [-0.2, 0) is 0 Å². The Morgan fingerprint density at radius 1 is 1.12 bits per heavy atom. The van der Waals surface area contributed by atoms with E-state index in [2.05, 4.69) is 34.0 Å². The second-order valence-corrected chi connectivity index (χ2v) is 5.21. The molecule has 1 atom stereocenters. The van der Waals surface area contributed by atoms with Crippen molar-refractivity contribution in [3.05, 3.63) is 0 Å². The lowest BCUT2D eigenvalue weighted by molar-refractivity contribution is 0.189. The van der Waals surface area contributed by atoms with Crippen molar-refractivity contribution >= 4 is 0 Å². The van der Waals surface area contributed by atoms with Crippen LogP contribution in [0.15, 0.2) is 0 Å². The van der Waals surface area contributed by atoms with Gasteiger partial charge in [-0.15, -0.1) is 5.92 Å². The van der Waals surface area contributed by atoms with Crippen molar-refractivity contribution in [1.82, 2.24) is 15.1 Å². The highest BCUT2D eigenvalue weighted by atomic mass is 15.2. The molecule has 0 aromatic rings. The Morgan fingerprint density at radius 3 is 2.71 bits per heavy atom. The summed E-state index contributed by atoms with van der Waals surface area (Å²) in [5.41, 5.74) is 0. The zero-order valence-corrected chi connectivity index (χ0v) is 11.0. The lowest BCUT2D eigenvalue weighted by Crippen LogP contribution is -2.43. The predicted octanol–water partition coefficient (Wildman–Crippen LogP) is 0.769. The van der Waals surface area contributed by atoms with Gasteiger partial charge < -0.3 is 10.2 Å². The van der Waals surface area contributed by atoms with Gasteiger partial charge in [-0.1, -0.05) is 12.3 Å². The summed E-state index contributed by atoms with van der Waals surface area (Å²) in [6.45, 7) is 6.75. The maximum atomic E-state index is 3.38. The standard InChI is InChI=1S/C14H25N3/c1-16-10-4-2-6-14(16)7-3-5-11-17-12-8-15-9-13-17/h14-15H,2,4,6-13H2,1H3. The molecule has 96 valence electrons. The van der Waals surface area contributed by atoms with Crippen LogP contribution in [0.3, 0.4) is 0 Å². The van der Waals surface area contributed by atoms with Gasteiger partial charge in [0.2, 0.25) is 0 Å². The third-order valence-corrected chi connectivity index (χ3v) is 3.90. The van der Waals surface area contributed by atoms with Crippen LogP contribution in [0.5, 0.6) is 0 Å². The Kier molecular flexibility index (Phi) is 5.31. The third kappa shape index (κ3) is 4.31. The summed E-state index contributed by atoms with van der Waals surface area (Å²) in [6, 6.07) is 0.708. The van der Waals surface area contributed by atoms with Crippen LogP contribution < -0.4 is 5.32 Å². The molecule has 0 aromatic carbocycles. The summed E-state index contributed by atoms with van der Waals surface area (Å²) in [5.74, 6) is 6.72. The zero-order valence-electron chi connectivity index (χ0n) is 11.0. The first-order valence-corrected chi connectivity index (χ1v) is 6.95. The van der Waals surface area contributed by atoms with Gasteiger partial charge >= 0.3 is 0 Å². The highest BCUT2D eigenvalue weighted by Crippen LogP contribution is 2.16. The molecule has 2 saturated heterocycles. The Hall–Kier alpha value is -0.560. The molecule has 3 heteroatoms. The fourth-order valence-corrected chi connectivity index (χ4v) is 2.63. The van der Waals surface area contributed by atoms with Crippen LogP contribution in [0.2, 0.25) is 0 Å². The van der Waals surface area contributed by atoms with E-state index in [-0.39, 0.29) is 0 Å². The molecule has 3 nitrogen and oxygen atoms in total. The van der Waals surface area contributed by atoms with E-state index < -0.39 is 0 Å². The molecular formula is C14H25N3. The Balaban J connectivity index is 1.66. The van der Waals surface area contributed by atoms with E-state index in [9.17, 15) is 0 Å². The van der Waals surface area contributed by atoms with E-state index in [1.165, 1.54) is 25.8 Å². The second-order valence-electron chi connectivity index (χ2n) is 5.21. The van der Waals surface area contributed by atoms with Gasteiger partial charge in [0.15, 0.2) is 0 Å². The molecule has 2 heterocycles. The Morgan fingerprint density at radius 2 is 1.94 bits per heavy atom. The molecule has 0 saturated carbocycles. The molecule has 0 aromatic heterocycles. The molecule has 1 unspecified atom stereocenters. The van der Waals surface area contributed by atoms with Crippen molar-refractivity contribution in [2.24, 2.45) is 0 Å². The molecule has 1 N–H and O–H groups in total. The predicted molar refractivity (Wildman–Crippen MR) is 72.0 cm³/mol. The molecule has 2 aliphatic heterocycles. The fourth-order valence-electron chi connectivity index (χ4n) is 2.63. The molecule has 0 bridgehead atoms. The summed E-state index contributed by atoms with van der Waals surface area (Å²) in [7, 11) is 2.24. The highest BCUT2D eigenvalue weighted by molar-refractivity contribution is 5.04. The largest absolute Gasteiger partial charge is 0.314 e. The van der Waals surface area contributed by atoms with Gasteiger partial charge in [0.25, 0.3) is 0 Å². The molecule has 2 aliphatic rings. The Labute approximate surface area is 106 Å². The lowest BCUT2D eigenvalue weighted by atomic mass is 10.0. The summed E-state index contributed by atoms with van der Waals surface area (Å²) in [4.78, 5) is 4.91. The maximum absolute atomic E-state index is 3.38. The highest BCUT2D eigenvalue weighted by Gasteiger charge is 2.17. The molecule has 0 radical (unpaired) electrons. The van der Waals surface area contributed by atoms with Crippen LogP contribution in [0.1, 0.15) is 25.7 Å². The number of rotatable bonds is 2. The van der Waals surface area contributed by atoms with Gasteiger partial charge in [0.05, 0.1) is 6.54 Å². The minimum atomic E-state index is 0.708. The van der Waals surface area contributed by atoms with E-state index in [0.717, 1.165) is 39.1 Å². The van der Waals surface area contributed by atoms with E-state index >= 15 is 0 Å². The van der Waals surface area contributed by atoms with Crippen molar-refractivity contribution in [2.75, 3.05) is 46.3 Å². The minimum Gasteiger partial charge on any atom is -0.314 e. The number of likely N-dealkylation sites (tertiary alicyclic amines) is 1. The first kappa shape index (κ1) is 12.9. The van der Waals surface area contributed by atoms with Crippen LogP contribution in [0, 0.1) is 11.8 Å². The average Bonchev–Trinajstić information content (AvgIpc) is 2.38. The SMILES string of the molecule is CN1CCCCC1CC#CCN1CCNCC1. The molecule has 17 heavy (non-hydrogen) atoms. The molecule has 0 amide bonds. The number of nitrogens with one attached hydrogen (secondary N) is 1. The van der Waals surface area contributed by atoms with Gasteiger partial charge in [-0.25, -0.2) is 0 Å². The van der Waals surface area contributed by atoms with E-state index in [4.69, 9.17) is 0 Å². The van der Waals surface area contributed by atoms with Crippen molar-refractivity contribution in [3.63, 3.8) is 0 Å². The van der Waals surface area contributed by atoms with Crippen molar-refractivity contribution in [2.45, 2.75) is 31.7 Å². The Bertz CT molecular complexity index is 273. The summed E-state index contributed by atoms with van der Waals surface area (Å²) >= 11 is 0. The topological polar surface area (TPSA) is 18.5 Å². The molecule has 0 aliphatic carbocycles. The molecule has 0 spiro atoms. The first-order valence-electron chi connectivity index (χ1n) is 6.95. The van der Waals surface area contributed by atoms with Gasteiger partial charge in [-0.05, 0) is 26.4 Å². The average molecular weight is 235 g/mol. The molecular weight excluding hydrogens is 210 g/mol. The lowest BCUT2D eigenvalue weighted by Gasteiger charge is -2.31. The maximum Gasteiger partial charge on any atom is 0.0602 e. The van der Waals surface area contributed by atoms with Crippen LogP contribution in [0.25, 0.3) is 0 Å².